The van der Waals surface area contributed by atoms with Gasteiger partial charge in [0.05, 0.1) is 16.8 Å². The highest BCUT2D eigenvalue weighted by atomic mass is 79.9. The smallest absolute Gasteiger partial charge is 0.344 e. The molecule has 4 aromatic rings. The van der Waals surface area contributed by atoms with Crippen molar-refractivity contribution in [3.8, 4) is 17.0 Å². The van der Waals surface area contributed by atoms with Gasteiger partial charge in [0.2, 0.25) is 0 Å². The molecule has 0 unspecified atom stereocenters. The molecule has 1 aromatic heterocycles. The van der Waals surface area contributed by atoms with Crippen LogP contribution in [-0.2, 0) is 0 Å². The Morgan fingerprint density at radius 3 is 2.50 bits per heavy atom. The second-order valence-corrected chi connectivity index (χ2v) is 7.70. The van der Waals surface area contributed by atoms with E-state index in [2.05, 4.69) is 15.9 Å². The molecular formula is C23H15BrClNO2. The Morgan fingerprint density at radius 2 is 1.75 bits per heavy atom. The van der Waals surface area contributed by atoms with E-state index in [1.165, 1.54) is 0 Å². The van der Waals surface area contributed by atoms with E-state index < -0.39 is 5.97 Å². The van der Waals surface area contributed by atoms with E-state index >= 15 is 0 Å². The van der Waals surface area contributed by atoms with Gasteiger partial charge >= 0.3 is 5.97 Å². The lowest BCUT2D eigenvalue weighted by Crippen LogP contribution is -2.10. The average Bonchev–Trinajstić information content (AvgIpc) is 2.70. The van der Waals surface area contributed by atoms with Crippen molar-refractivity contribution < 1.29 is 9.53 Å². The van der Waals surface area contributed by atoms with E-state index in [1.807, 2.05) is 55.5 Å². The first-order valence-corrected chi connectivity index (χ1v) is 9.82. The number of pyridine rings is 1. The molecule has 0 atom stereocenters. The molecule has 4 rings (SSSR count). The SMILES string of the molecule is Cc1cc(OC(=O)c2cc(-c3ccc(Br)cc3)nc3ccccc23)ccc1Cl. The molecule has 3 aromatic carbocycles. The number of aryl methyl sites for hydroxylation is 1. The van der Waals surface area contributed by atoms with Crippen molar-refractivity contribution in [2.75, 3.05) is 0 Å². The molecule has 0 radical (unpaired) electrons. The molecule has 28 heavy (non-hydrogen) atoms. The molecule has 0 N–H and O–H groups in total. The minimum absolute atomic E-state index is 0.432. The first-order chi connectivity index (χ1) is 13.5. The zero-order chi connectivity index (χ0) is 19.7. The standard InChI is InChI=1S/C23H15BrClNO2/c1-14-12-17(10-11-20(14)25)28-23(27)19-13-22(15-6-8-16(24)9-7-15)26-21-5-3-2-4-18(19)21/h2-13H,1H3. The maximum absolute atomic E-state index is 13.0. The molecule has 1 heterocycles. The van der Waals surface area contributed by atoms with Crippen molar-refractivity contribution in [1.29, 1.82) is 0 Å². The molecule has 0 fully saturated rings. The number of hydrogen-bond acceptors (Lipinski definition) is 3. The summed E-state index contributed by atoms with van der Waals surface area (Å²) in [4.78, 5) is 17.7. The zero-order valence-electron chi connectivity index (χ0n) is 14.9. The summed E-state index contributed by atoms with van der Waals surface area (Å²) in [5.41, 5.74) is 3.69. The van der Waals surface area contributed by atoms with E-state index in [-0.39, 0.29) is 0 Å². The first-order valence-electron chi connectivity index (χ1n) is 8.65. The Morgan fingerprint density at radius 1 is 1.00 bits per heavy atom. The van der Waals surface area contributed by atoms with Gasteiger partial charge in [-0.3, -0.25) is 0 Å². The van der Waals surface area contributed by atoms with Gasteiger partial charge in [0.15, 0.2) is 0 Å². The van der Waals surface area contributed by atoms with Crippen LogP contribution in [0.15, 0.2) is 77.3 Å². The van der Waals surface area contributed by atoms with Crippen molar-refractivity contribution in [2.24, 2.45) is 0 Å². The number of carbonyl (C=O) groups is 1. The Hall–Kier alpha value is -2.69. The summed E-state index contributed by atoms with van der Waals surface area (Å²) in [6.07, 6.45) is 0. The molecule has 0 aliphatic carbocycles. The minimum Gasteiger partial charge on any atom is -0.423 e. The molecule has 0 bridgehead atoms. The number of benzene rings is 3. The predicted octanol–water partition coefficient (Wildman–Crippen LogP) is 6.85. The lowest BCUT2D eigenvalue weighted by Gasteiger charge is -2.11. The van der Waals surface area contributed by atoms with Gasteiger partial charge in [-0.1, -0.05) is 57.9 Å². The molecule has 3 nitrogen and oxygen atoms in total. The number of hydrogen-bond donors (Lipinski definition) is 0. The number of aromatic nitrogens is 1. The van der Waals surface area contributed by atoms with E-state index in [0.717, 1.165) is 26.5 Å². The summed E-state index contributed by atoms with van der Waals surface area (Å²) >= 11 is 9.50. The third-order valence-electron chi connectivity index (χ3n) is 4.42. The fourth-order valence-electron chi connectivity index (χ4n) is 2.96. The number of esters is 1. The van der Waals surface area contributed by atoms with Crippen LogP contribution >= 0.6 is 27.5 Å². The summed E-state index contributed by atoms with van der Waals surface area (Å²) in [7, 11) is 0. The van der Waals surface area contributed by atoms with Crippen molar-refractivity contribution in [1.82, 2.24) is 4.98 Å². The van der Waals surface area contributed by atoms with Gasteiger partial charge in [-0.2, -0.15) is 0 Å². The molecule has 0 aliphatic heterocycles. The molecule has 0 amide bonds. The fourth-order valence-corrected chi connectivity index (χ4v) is 3.34. The summed E-state index contributed by atoms with van der Waals surface area (Å²) in [6, 6.07) is 22.3. The Balaban J connectivity index is 1.79. The Bertz CT molecular complexity index is 1190. The van der Waals surface area contributed by atoms with Crippen LogP contribution in [0.1, 0.15) is 15.9 Å². The lowest BCUT2D eigenvalue weighted by atomic mass is 10.0. The quantitative estimate of drug-likeness (QED) is 0.252. The number of halogens is 2. The second kappa shape index (κ2) is 7.74. The predicted molar refractivity (Wildman–Crippen MR) is 116 cm³/mol. The molecule has 0 aliphatic rings. The van der Waals surface area contributed by atoms with Gasteiger partial charge in [-0.15, -0.1) is 0 Å². The van der Waals surface area contributed by atoms with Crippen LogP contribution < -0.4 is 4.74 Å². The van der Waals surface area contributed by atoms with Crippen LogP contribution in [0.25, 0.3) is 22.2 Å². The maximum atomic E-state index is 13.0. The summed E-state index contributed by atoms with van der Waals surface area (Å²) < 4.78 is 6.60. The lowest BCUT2D eigenvalue weighted by molar-refractivity contribution is 0.0737. The topological polar surface area (TPSA) is 39.2 Å². The monoisotopic (exact) mass is 451 g/mol. The highest BCUT2D eigenvalue weighted by Crippen LogP contribution is 2.28. The second-order valence-electron chi connectivity index (χ2n) is 6.38. The molecule has 0 spiro atoms. The van der Waals surface area contributed by atoms with Crippen molar-refractivity contribution >= 4 is 44.4 Å². The number of carbonyl (C=O) groups excluding carboxylic acids is 1. The van der Waals surface area contributed by atoms with Gasteiger partial charge in [-0.05, 0) is 55.0 Å². The minimum atomic E-state index is -0.432. The number of fused-ring (bicyclic) bond motifs is 1. The van der Waals surface area contributed by atoms with Gasteiger partial charge < -0.3 is 4.74 Å². The number of ether oxygens (including phenoxy) is 1. The van der Waals surface area contributed by atoms with E-state index in [4.69, 9.17) is 21.3 Å². The van der Waals surface area contributed by atoms with Crippen molar-refractivity contribution in [3.63, 3.8) is 0 Å². The van der Waals surface area contributed by atoms with Crippen molar-refractivity contribution in [3.05, 3.63) is 93.4 Å². The van der Waals surface area contributed by atoms with Gasteiger partial charge in [0.25, 0.3) is 0 Å². The van der Waals surface area contributed by atoms with Gasteiger partial charge in [0, 0.05) is 20.4 Å². The van der Waals surface area contributed by atoms with E-state index in [0.29, 0.717) is 22.0 Å². The fraction of sp³-hybridized carbons (Fsp3) is 0.0435. The van der Waals surface area contributed by atoms with Crippen molar-refractivity contribution in [2.45, 2.75) is 6.92 Å². The van der Waals surface area contributed by atoms with Crippen LogP contribution in [-0.4, -0.2) is 11.0 Å². The molecular weight excluding hydrogens is 438 g/mol. The molecule has 0 saturated heterocycles. The largest absolute Gasteiger partial charge is 0.423 e. The number of rotatable bonds is 3. The average molecular weight is 453 g/mol. The van der Waals surface area contributed by atoms with Crippen LogP contribution in [0.2, 0.25) is 5.02 Å². The summed E-state index contributed by atoms with van der Waals surface area (Å²) in [5, 5.41) is 1.38. The van der Waals surface area contributed by atoms with E-state index in [1.54, 1.807) is 24.3 Å². The molecule has 138 valence electrons. The number of para-hydroxylation sites is 1. The molecule has 0 saturated carbocycles. The number of nitrogens with zero attached hydrogens (tertiary/aromatic N) is 1. The van der Waals surface area contributed by atoms with Crippen LogP contribution in [0.4, 0.5) is 0 Å². The van der Waals surface area contributed by atoms with Crippen LogP contribution in [0, 0.1) is 6.92 Å². The summed E-state index contributed by atoms with van der Waals surface area (Å²) in [5.74, 6) is 0.0247. The Kier molecular flexibility index (Phi) is 5.16. The normalized spacial score (nSPS) is 10.8. The Labute approximate surface area is 176 Å². The van der Waals surface area contributed by atoms with Gasteiger partial charge in [-0.25, -0.2) is 9.78 Å². The zero-order valence-corrected chi connectivity index (χ0v) is 17.3. The van der Waals surface area contributed by atoms with Crippen LogP contribution in [0.3, 0.4) is 0 Å². The first kappa shape index (κ1) is 18.7. The summed E-state index contributed by atoms with van der Waals surface area (Å²) in [6.45, 7) is 1.87. The molecule has 5 heteroatoms. The van der Waals surface area contributed by atoms with Crippen LogP contribution in [0.5, 0.6) is 5.75 Å². The van der Waals surface area contributed by atoms with Gasteiger partial charge in [0.1, 0.15) is 5.75 Å². The highest BCUT2D eigenvalue weighted by Gasteiger charge is 2.16. The maximum Gasteiger partial charge on any atom is 0.344 e. The third kappa shape index (κ3) is 3.79. The third-order valence-corrected chi connectivity index (χ3v) is 5.37. The van der Waals surface area contributed by atoms with E-state index in [9.17, 15) is 4.79 Å². The highest BCUT2D eigenvalue weighted by molar-refractivity contribution is 9.10.